The van der Waals surface area contributed by atoms with E-state index in [4.69, 9.17) is 0 Å². The lowest BCUT2D eigenvalue weighted by Crippen LogP contribution is -2.35. The molecule has 1 amide bonds. The zero-order valence-corrected chi connectivity index (χ0v) is 13.8. The quantitative estimate of drug-likeness (QED) is 0.917. The van der Waals surface area contributed by atoms with Crippen molar-refractivity contribution in [1.82, 2.24) is 19.9 Å². The Morgan fingerprint density at radius 2 is 2.00 bits per heavy atom. The second-order valence-corrected chi connectivity index (χ2v) is 6.48. The van der Waals surface area contributed by atoms with Gasteiger partial charge >= 0.3 is 5.97 Å². The van der Waals surface area contributed by atoms with Gasteiger partial charge in [0.1, 0.15) is 0 Å². The molecule has 1 saturated heterocycles. The zero-order valence-electron chi connectivity index (χ0n) is 13.8. The van der Waals surface area contributed by atoms with Crippen LogP contribution >= 0.6 is 0 Å². The van der Waals surface area contributed by atoms with Crippen molar-refractivity contribution in [3.05, 3.63) is 41.7 Å². The van der Waals surface area contributed by atoms with Crippen LogP contribution in [0, 0.1) is 12.3 Å². The number of carboxylic acid groups (broad SMARTS) is 1. The lowest BCUT2D eigenvalue weighted by Gasteiger charge is -2.19. The molecule has 0 spiro atoms. The summed E-state index contributed by atoms with van der Waals surface area (Å²) in [4.78, 5) is 25.4. The van der Waals surface area contributed by atoms with Crippen molar-refractivity contribution >= 4 is 11.9 Å². The van der Waals surface area contributed by atoms with Gasteiger partial charge in [0.2, 0.25) is 5.91 Å². The first kappa shape index (κ1) is 16.2. The van der Waals surface area contributed by atoms with E-state index in [1.165, 1.54) is 0 Å². The molecule has 0 aliphatic carbocycles. The molecular formula is C17H20N4O3. The zero-order chi connectivity index (χ0) is 17.3. The minimum Gasteiger partial charge on any atom is -0.481 e. The molecule has 1 N–H and O–H groups in total. The Hall–Kier alpha value is -2.70. The van der Waals surface area contributed by atoms with E-state index >= 15 is 0 Å². The van der Waals surface area contributed by atoms with Gasteiger partial charge in [-0.1, -0.05) is 23.4 Å². The molecule has 7 nitrogen and oxygen atoms in total. The number of nitrogens with zero attached hydrogens (tertiary/aromatic N) is 4. The van der Waals surface area contributed by atoms with Crippen molar-refractivity contribution in [1.29, 1.82) is 0 Å². The molecule has 1 fully saturated rings. The molecule has 2 aromatic rings. The Labute approximate surface area is 139 Å². The summed E-state index contributed by atoms with van der Waals surface area (Å²) in [5.74, 6) is -0.966. The van der Waals surface area contributed by atoms with Crippen LogP contribution in [0.3, 0.4) is 0 Å². The van der Waals surface area contributed by atoms with Gasteiger partial charge in [-0.2, -0.15) is 0 Å². The van der Waals surface area contributed by atoms with E-state index in [9.17, 15) is 14.7 Å². The number of carbonyl (C=O) groups is 2. The number of hydrogen-bond donors (Lipinski definition) is 1. The number of carboxylic acids is 1. The van der Waals surface area contributed by atoms with Gasteiger partial charge in [-0.15, -0.1) is 5.10 Å². The SMILES string of the molecule is Cc1c(CC(=O)N2CCC(C)(C(=O)O)C2)nnn1-c1ccccc1. The van der Waals surface area contributed by atoms with Gasteiger partial charge < -0.3 is 10.0 Å². The van der Waals surface area contributed by atoms with Gasteiger partial charge in [-0.05, 0) is 32.4 Å². The number of benzene rings is 1. The Balaban J connectivity index is 1.72. The minimum atomic E-state index is -0.857. The first-order chi connectivity index (χ1) is 11.4. The van der Waals surface area contributed by atoms with Crippen LogP contribution in [-0.2, 0) is 16.0 Å². The summed E-state index contributed by atoms with van der Waals surface area (Å²) in [6.45, 7) is 4.26. The van der Waals surface area contributed by atoms with Crippen molar-refractivity contribution in [2.45, 2.75) is 26.7 Å². The Morgan fingerprint density at radius 3 is 2.62 bits per heavy atom. The van der Waals surface area contributed by atoms with E-state index in [1.54, 1.807) is 16.5 Å². The van der Waals surface area contributed by atoms with Crippen LogP contribution in [0.1, 0.15) is 24.7 Å². The molecule has 2 heterocycles. The molecule has 0 bridgehead atoms. The summed E-state index contributed by atoms with van der Waals surface area (Å²) in [5.41, 5.74) is 1.47. The number of likely N-dealkylation sites (tertiary alicyclic amines) is 1. The number of aliphatic carboxylic acids is 1. The van der Waals surface area contributed by atoms with E-state index in [-0.39, 0.29) is 18.9 Å². The molecule has 126 valence electrons. The van der Waals surface area contributed by atoms with Crippen LogP contribution < -0.4 is 0 Å². The highest BCUT2D eigenvalue weighted by atomic mass is 16.4. The fourth-order valence-electron chi connectivity index (χ4n) is 2.94. The normalized spacial score (nSPS) is 20.3. The predicted molar refractivity (Wildman–Crippen MR) is 86.7 cm³/mol. The van der Waals surface area contributed by atoms with Crippen molar-refractivity contribution < 1.29 is 14.7 Å². The average Bonchev–Trinajstić information content (AvgIpc) is 3.14. The molecule has 1 unspecified atom stereocenters. The van der Waals surface area contributed by atoms with Gasteiger partial charge in [0.25, 0.3) is 0 Å². The smallest absolute Gasteiger partial charge is 0.311 e. The fraction of sp³-hybridized carbons (Fsp3) is 0.412. The standard InChI is InChI=1S/C17H20N4O3/c1-12-14(18-19-21(12)13-6-4-3-5-7-13)10-15(22)20-9-8-17(2,11-20)16(23)24/h3-7H,8-11H2,1-2H3,(H,23,24). The fourth-order valence-corrected chi connectivity index (χ4v) is 2.94. The second-order valence-electron chi connectivity index (χ2n) is 6.48. The van der Waals surface area contributed by atoms with Gasteiger partial charge in [0.05, 0.1) is 28.9 Å². The van der Waals surface area contributed by atoms with Crippen molar-refractivity contribution in [3.63, 3.8) is 0 Å². The topological polar surface area (TPSA) is 88.3 Å². The Kier molecular flexibility index (Phi) is 4.09. The lowest BCUT2D eigenvalue weighted by atomic mass is 9.90. The highest BCUT2D eigenvalue weighted by Crippen LogP contribution is 2.30. The van der Waals surface area contributed by atoms with Crippen LogP contribution in [0.25, 0.3) is 5.69 Å². The number of rotatable bonds is 4. The number of para-hydroxylation sites is 1. The molecule has 0 radical (unpaired) electrons. The number of carbonyl (C=O) groups excluding carboxylic acids is 1. The summed E-state index contributed by atoms with van der Waals surface area (Å²) in [6, 6.07) is 9.60. The summed E-state index contributed by atoms with van der Waals surface area (Å²) in [7, 11) is 0. The third-order valence-electron chi connectivity index (χ3n) is 4.65. The third-order valence-corrected chi connectivity index (χ3v) is 4.65. The maximum atomic E-state index is 12.5. The van der Waals surface area contributed by atoms with Crippen LogP contribution in [-0.4, -0.2) is 50.0 Å². The molecule has 1 aliphatic heterocycles. The van der Waals surface area contributed by atoms with Crippen LogP contribution in [0.2, 0.25) is 0 Å². The van der Waals surface area contributed by atoms with Crippen LogP contribution in [0.5, 0.6) is 0 Å². The molecule has 1 aromatic heterocycles. The predicted octanol–water partition coefficient (Wildman–Crippen LogP) is 1.44. The lowest BCUT2D eigenvalue weighted by molar-refractivity contribution is -0.147. The average molecular weight is 328 g/mol. The van der Waals surface area contributed by atoms with E-state index in [1.807, 2.05) is 37.3 Å². The van der Waals surface area contributed by atoms with Crippen molar-refractivity contribution in [2.24, 2.45) is 5.41 Å². The Bertz CT molecular complexity index is 771. The second kappa shape index (κ2) is 6.07. The number of aromatic nitrogens is 3. The van der Waals surface area contributed by atoms with Gasteiger partial charge in [0, 0.05) is 13.1 Å². The minimum absolute atomic E-state index is 0.108. The van der Waals surface area contributed by atoms with Crippen molar-refractivity contribution in [3.8, 4) is 5.69 Å². The molecule has 7 heteroatoms. The summed E-state index contributed by atoms with van der Waals surface area (Å²) >= 11 is 0. The van der Waals surface area contributed by atoms with E-state index in [2.05, 4.69) is 10.3 Å². The summed E-state index contributed by atoms with van der Waals surface area (Å²) < 4.78 is 1.70. The molecule has 3 rings (SSSR count). The molecular weight excluding hydrogens is 308 g/mol. The van der Waals surface area contributed by atoms with Crippen LogP contribution in [0.4, 0.5) is 0 Å². The molecule has 1 aliphatic rings. The Morgan fingerprint density at radius 1 is 1.29 bits per heavy atom. The monoisotopic (exact) mass is 328 g/mol. The van der Waals surface area contributed by atoms with Gasteiger partial charge in [0.15, 0.2) is 0 Å². The maximum absolute atomic E-state index is 12.5. The third kappa shape index (κ3) is 2.89. The first-order valence-electron chi connectivity index (χ1n) is 7.88. The van der Waals surface area contributed by atoms with Gasteiger partial charge in [-0.3, -0.25) is 9.59 Å². The van der Waals surface area contributed by atoms with Gasteiger partial charge in [-0.25, -0.2) is 4.68 Å². The van der Waals surface area contributed by atoms with E-state index in [0.29, 0.717) is 18.7 Å². The first-order valence-corrected chi connectivity index (χ1v) is 7.88. The molecule has 0 saturated carbocycles. The van der Waals surface area contributed by atoms with E-state index < -0.39 is 11.4 Å². The highest BCUT2D eigenvalue weighted by molar-refractivity contribution is 5.81. The number of hydrogen-bond acceptors (Lipinski definition) is 4. The molecule has 1 aromatic carbocycles. The molecule has 24 heavy (non-hydrogen) atoms. The highest BCUT2D eigenvalue weighted by Gasteiger charge is 2.42. The van der Waals surface area contributed by atoms with E-state index in [0.717, 1.165) is 11.4 Å². The molecule has 1 atom stereocenters. The maximum Gasteiger partial charge on any atom is 0.311 e. The van der Waals surface area contributed by atoms with Crippen LogP contribution in [0.15, 0.2) is 30.3 Å². The summed E-state index contributed by atoms with van der Waals surface area (Å²) in [6.07, 6.45) is 0.609. The van der Waals surface area contributed by atoms with Crippen molar-refractivity contribution in [2.75, 3.05) is 13.1 Å². The largest absolute Gasteiger partial charge is 0.481 e. The number of amides is 1. The summed E-state index contributed by atoms with van der Waals surface area (Å²) in [5, 5.41) is 17.5.